The molecular formula is C14H19F3N2. The number of nitrogens with zero attached hydrogens (tertiary/aromatic N) is 1. The lowest BCUT2D eigenvalue weighted by molar-refractivity contribution is -0.137. The van der Waals surface area contributed by atoms with Gasteiger partial charge in [0.25, 0.3) is 0 Å². The molecule has 2 rings (SSSR count). The van der Waals surface area contributed by atoms with Gasteiger partial charge in [-0.05, 0) is 24.6 Å². The van der Waals surface area contributed by atoms with Crippen LogP contribution in [0.25, 0.3) is 0 Å². The van der Waals surface area contributed by atoms with Crippen molar-refractivity contribution in [2.45, 2.75) is 32.1 Å². The molecule has 1 heterocycles. The van der Waals surface area contributed by atoms with Gasteiger partial charge in [0.2, 0.25) is 0 Å². The Hall–Kier alpha value is -1.07. The minimum Gasteiger partial charge on any atom is -0.313 e. The fraction of sp³-hybridized carbons (Fsp3) is 0.571. The van der Waals surface area contributed by atoms with Crippen LogP contribution in [0, 0.1) is 0 Å². The van der Waals surface area contributed by atoms with E-state index in [-0.39, 0.29) is 0 Å². The summed E-state index contributed by atoms with van der Waals surface area (Å²) in [5.41, 5.74) is 0.166. The van der Waals surface area contributed by atoms with Gasteiger partial charge in [-0.1, -0.05) is 25.1 Å². The summed E-state index contributed by atoms with van der Waals surface area (Å²) in [5, 5.41) is 3.37. The van der Waals surface area contributed by atoms with E-state index >= 15 is 0 Å². The maximum Gasteiger partial charge on any atom is 0.416 e. The first-order chi connectivity index (χ1) is 8.99. The summed E-state index contributed by atoms with van der Waals surface area (Å²) in [6.45, 7) is 5.43. The summed E-state index contributed by atoms with van der Waals surface area (Å²) < 4.78 is 37.9. The standard InChI is InChI=1S/C14H19F3N2/c1-2-18-13-6-7-19(10-13)9-11-4-3-5-12(8-11)14(15,16)17/h3-5,8,13,18H,2,6-7,9-10H2,1H3. The predicted octanol–water partition coefficient (Wildman–Crippen LogP) is 2.89. The molecule has 0 aliphatic carbocycles. The quantitative estimate of drug-likeness (QED) is 0.906. The fourth-order valence-corrected chi connectivity index (χ4v) is 2.54. The first-order valence-corrected chi connectivity index (χ1v) is 6.61. The molecule has 0 saturated carbocycles. The Morgan fingerprint density at radius 2 is 2.16 bits per heavy atom. The zero-order valence-corrected chi connectivity index (χ0v) is 11.0. The van der Waals surface area contributed by atoms with Crippen LogP contribution in [0.1, 0.15) is 24.5 Å². The van der Waals surface area contributed by atoms with Gasteiger partial charge in [-0.15, -0.1) is 0 Å². The topological polar surface area (TPSA) is 15.3 Å². The van der Waals surface area contributed by atoms with Gasteiger partial charge in [0.1, 0.15) is 0 Å². The van der Waals surface area contributed by atoms with E-state index in [1.54, 1.807) is 6.07 Å². The van der Waals surface area contributed by atoms with Crippen LogP contribution in [-0.2, 0) is 12.7 Å². The van der Waals surface area contributed by atoms with E-state index in [4.69, 9.17) is 0 Å². The van der Waals surface area contributed by atoms with Crippen molar-refractivity contribution in [2.75, 3.05) is 19.6 Å². The number of hydrogen-bond acceptors (Lipinski definition) is 2. The summed E-state index contributed by atoms with van der Waals surface area (Å²) in [6, 6.07) is 6.08. The van der Waals surface area contributed by atoms with Crippen LogP contribution in [0.3, 0.4) is 0 Å². The summed E-state index contributed by atoms with van der Waals surface area (Å²) in [6.07, 6.45) is -3.19. The monoisotopic (exact) mass is 272 g/mol. The van der Waals surface area contributed by atoms with Gasteiger partial charge < -0.3 is 5.32 Å². The lowest BCUT2D eigenvalue weighted by atomic mass is 10.1. The number of alkyl halides is 3. The Labute approximate surface area is 111 Å². The normalized spacial score (nSPS) is 20.9. The summed E-state index contributed by atoms with van der Waals surface area (Å²) >= 11 is 0. The van der Waals surface area contributed by atoms with E-state index < -0.39 is 11.7 Å². The van der Waals surface area contributed by atoms with E-state index in [9.17, 15) is 13.2 Å². The van der Waals surface area contributed by atoms with Crippen molar-refractivity contribution in [1.82, 2.24) is 10.2 Å². The number of rotatable bonds is 4. The third-order valence-electron chi connectivity index (χ3n) is 3.43. The molecular weight excluding hydrogens is 253 g/mol. The zero-order chi connectivity index (χ0) is 13.9. The number of likely N-dealkylation sites (tertiary alicyclic amines) is 1. The van der Waals surface area contributed by atoms with Crippen LogP contribution in [0.15, 0.2) is 24.3 Å². The molecule has 0 aromatic heterocycles. The Morgan fingerprint density at radius 1 is 1.37 bits per heavy atom. The molecule has 0 bridgehead atoms. The van der Waals surface area contributed by atoms with Crippen LogP contribution in [0.4, 0.5) is 13.2 Å². The molecule has 1 aliphatic heterocycles. The summed E-state index contributed by atoms with van der Waals surface area (Å²) in [4.78, 5) is 2.20. The zero-order valence-electron chi connectivity index (χ0n) is 11.0. The number of benzene rings is 1. The second kappa shape index (κ2) is 5.92. The van der Waals surface area contributed by atoms with E-state index in [2.05, 4.69) is 17.1 Å². The van der Waals surface area contributed by atoms with E-state index in [1.165, 1.54) is 12.1 Å². The Morgan fingerprint density at radius 3 is 2.84 bits per heavy atom. The van der Waals surface area contributed by atoms with Crippen molar-refractivity contribution < 1.29 is 13.2 Å². The van der Waals surface area contributed by atoms with E-state index in [0.717, 1.165) is 37.7 Å². The molecule has 0 amide bonds. The third kappa shape index (κ3) is 3.94. The van der Waals surface area contributed by atoms with Crippen molar-refractivity contribution in [2.24, 2.45) is 0 Å². The van der Waals surface area contributed by atoms with Crippen LogP contribution in [-0.4, -0.2) is 30.6 Å². The SMILES string of the molecule is CCNC1CCN(Cc2cccc(C(F)(F)F)c2)C1. The van der Waals surface area contributed by atoms with Crippen molar-refractivity contribution >= 4 is 0 Å². The molecule has 0 spiro atoms. The lowest BCUT2D eigenvalue weighted by Gasteiger charge is -2.17. The fourth-order valence-electron chi connectivity index (χ4n) is 2.54. The highest BCUT2D eigenvalue weighted by molar-refractivity contribution is 5.25. The molecule has 19 heavy (non-hydrogen) atoms. The average Bonchev–Trinajstić information content (AvgIpc) is 2.76. The van der Waals surface area contributed by atoms with Crippen LogP contribution >= 0.6 is 0 Å². The Kier molecular flexibility index (Phi) is 4.47. The second-order valence-corrected chi connectivity index (χ2v) is 4.98. The van der Waals surface area contributed by atoms with Crippen LogP contribution in [0.5, 0.6) is 0 Å². The van der Waals surface area contributed by atoms with E-state index in [0.29, 0.717) is 12.6 Å². The number of hydrogen-bond donors (Lipinski definition) is 1. The molecule has 0 radical (unpaired) electrons. The van der Waals surface area contributed by atoms with Gasteiger partial charge in [-0.25, -0.2) is 0 Å². The summed E-state index contributed by atoms with van der Waals surface area (Å²) in [7, 11) is 0. The average molecular weight is 272 g/mol. The second-order valence-electron chi connectivity index (χ2n) is 4.98. The highest BCUT2D eigenvalue weighted by atomic mass is 19.4. The molecule has 1 fully saturated rings. The summed E-state index contributed by atoms with van der Waals surface area (Å²) in [5.74, 6) is 0. The maximum absolute atomic E-state index is 12.6. The molecule has 1 atom stereocenters. The lowest BCUT2D eigenvalue weighted by Crippen LogP contribution is -2.32. The molecule has 1 N–H and O–H groups in total. The van der Waals surface area contributed by atoms with Gasteiger partial charge in [0, 0.05) is 25.7 Å². The minimum atomic E-state index is -4.26. The van der Waals surface area contributed by atoms with Gasteiger partial charge in [-0.2, -0.15) is 13.2 Å². The first-order valence-electron chi connectivity index (χ1n) is 6.61. The molecule has 1 saturated heterocycles. The predicted molar refractivity (Wildman–Crippen MR) is 68.8 cm³/mol. The Bertz CT molecular complexity index is 417. The van der Waals surface area contributed by atoms with Gasteiger partial charge in [0.05, 0.1) is 5.56 Å². The van der Waals surface area contributed by atoms with Crippen molar-refractivity contribution in [1.29, 1.82) is 0 Å². The van der Waals surface area contributed by atoms with Gasteiger partial charge >= 0.3 is 6.18 Å². The number of halogens is 3. The number of likely N-dealkylation sites (N-methyl/N-ethyl adjacent to an activating group) is 1. The molecule has 1 aliphatic rings. The molecule has 1 aromatic carbocycles. The van der Waals surface area contributed by atoms with Crippen molar-refractivity contribution in [3.8, 4) is 0 Å². The largest absolute Gasteiger partial charge is 0.416 e. The van der Waals surface area contributed by atoms with Crippen molar-refractivity contribution in [3.63, 3.8) is 0 Å². The van der Waals surface area contributed by atoms with Gasteiger partial charge in [0.15, 0.2) is 0 Å². The molecule has 5 heteroatoms. The minimum absolute atomic E-state index is 0.468. The van der Waals surface area contributed by atoms with Crippen LogP contribution in [0.2, 0.25) is 0 Å². The van der Waals surface area contributed by atoms with Crippen molar-refractivity contribution in [3.05, 3.63) is 35.4 Å². The number of nitrogens with one attached hydrogen (secondary N) is 1. The van der Waals surface area contributed by atoms with E-state index in [1.807, 2.05) is 0 Å². The molecule has 106 valence electrons. The first kappa shape index (κ1) is 14.3. The maximum atomic E-state index is 12.6. The smallest absolute Gasteiger partial charge is 0.313 e. The molecule has 2 nitrogen and oxygen atoms in total. The third-order valence-corrected chi connectivity index (χ3v) is 3.43. The van der Waals surface area contributed by atoms with Gasteiger partial charge in [-0.3, -0.25) is 4.90 Å². The molecule has 1 aromatic rings. The highest BCUT2D eigenvalue weighted by Crippen LogP contribution is 2.29. The molecule has 1 unspecified atom stereocenters. The Balaban J connectivity index is 1.97. The van der Waals surface area contributed by atoms with Crippen LogP contribution < -0.4 is 5.32 Å². The highest BCUT2D eigenvalue weighted by Gasteiger charge is 2.30.